The first kappa shape index (κ1) is 25.5. The fourth-order valence-corrected chi connectivity index (χ4v) is 4.93. The number of nitrogens with zero attached hydrogens (tertiary/aromatic N) is 2. The minimum atomic E-state index is -4.66. The zero-order valence-corrected chi connectivity index (χ0v) is 19.2. The number of hydrogen-bond donors (Lipinski definition) is 1. The molecule has 3 rings (SSSR count). The quantitative estimate of drug-likeness (QED) is 0.631. The number of alkyl halides is 3. The number of para-hydroxylation sites is 1. The highest BCUT2D eigenvalue weighted by molar-refractivity contribution is 7.89. The summed E-state index contributed by atoms with van der Waals surface area (Å²) in [5.74, 6) is -0.495. The molecular formula is C22H24F3N3O5S. The molecule has 0 bridgehead atoms. The van der Waals surface area contributed by atoms with Gasteiger partial charge in [0.1, 0.15) is 5.75 Å². The molecule has 1 saturated heterocycles. The van der Waals surface area contributed by atoms with Crippen LogP contribution in [0, 0.1) is 0 Å². The van der Waals surface area contributed by atoms with E-state index in [1.165, 1.54) is 4.90 Å². The summed E-state index contributed by atoms with van der Waals surface area (Å²) in [6.45, 7) is 1.80. The lowest BCUT2D eigenvalue weighted by atomic mass is 10.2. The van der Waals surface area contributed by atoms with Gasteiger partial charge in [-0.15, -0.1) is 0 Å². The molecule has 1 N–H and O–H groups in total. The third kappa shape index (κ3) is 5.86. The van der Waals surface area contributed by atoms with Crippen molar-refractivity contribution >= 4 is 21.8 Å². The predicted octanol–water partition coefficient (Wildman–Crippen LogP) is 2.37. The Balaban J connectivity index is 1.57. The summed E-state index contributed by atoms with van der Waals surface area (Å²) in [7, 11) is -4.15. The monoisotopic (exact) mass is 499 g/mol. The van der Waals surface area contributed by atoms with Crippen LogP contribution >= 0.6 is 0 Å². The third-order valence-corrected chi connectivity index (χ3v) is 7.12. The number of carbonyl (C=O) groups excluding carboxylic acids is 2. The summed E-state index contributed by atoms with van der Waals surface area (Å²) < 4.78 is 70.9. The van der Waals surface area contributed by atoms with E-state index in [1.807, 2.05) is 0 Å². The van der Waals surface area contributed by atoms with Gasteiger partial charge < -0.3 is 15.0 Å². The number of nitrogens with one attached hydrogen (secondary N) is 1. The normalized spacial score (nSPS) is 15.1. The number of carbonyl (C=O) groups is 2. The van der Waals surface area contributed by atoms with Crippen molar-refractivity contribution < 1.29 is 35.9 Å². The second kappa shape index (κ2) is 10.4. The highest BCUT2D eigenvalue weighted by Gasteiger charge is 2.34. The zero-order valence-electron chi connectivity index (χ0n) is 18.3. The van der Waals surface area contributed by atoms with E-state index in [4.69, 9.17) is 4.74 Å². The number of halogens is 3. The Morgan fingerprint density at radius 2 is 1.71 bits per heavy atom. The first-order valence-corrected chi connectivity index (χ1v) is 11.9. The summed E-state index contributed by atoms with van der Waals surface area (Å²) in [4.78, 5) is 25.9. The molecule has 0 radical (unpaired) electrons. The summed E-state index contributed by atoms with van der Waals surface area (Å²) in [5.41, 5.74) is -0.766. The van der Waals surface area contributed by atoms with E-state index in [9.17, 15) is 31.2 Å². The van der Waals surface area contributed by atoms with E-state index < -0.39 is 38.5 Å². The van der Waals surface area contributed by atoms with Crippen LogP contribution in [-0.2, 0) is 21.0 Å². The van der Waals surface area contributed by atoms with Crippen molar-refractivity contribution in [2.75, 3.05) is 39.3 Å². The number of amides is 2. The topological polar surface area (TPSA) is 96.0 Å². The number of piperazine rings is 1. The van der Waals surface area contributed by atoms with Crippen molar-refractivity contribution in [2.45, 2.75) is 18.0 Å². The summed E-state index contributed by atoms with van der Waals surface area (Å²) in [6, 6.07) is 10.2. The van der Waals surface area contributed by atoms with Gasteiger partial charge in [0.25, 0.3) is 5.91 Å². The molecule has 1 heterocycles. The number of sulfonamides is 1. The van der Waals surface area contributed by atoms with Crippen molar-refractivity contribution in [3.8, 4) is 5.75 Å². The van der Waals surface area contributed by atoms with E-state index in [2.05, 4.69) is 5.32 Å². The number of rotatable bonds is 7. The molecule has 2 aromatic carbocycles. The molecule has 1 aliphatic heterocycles. The van der Waals surface area contributed by atoms with Gasteiger partial charge in [-0.3, -0.25) is 9.59 Å². The fraction of sp³-hybridized carbons (Fsp3) is 0.364. The second-order valence-corrected chi connectivity index (χ2v) is 9.36. The number of benzene rings is 2. The largest absolute Gasteiger partial charge is 0.493 e. The molecule has 8 nitrogen and oxygen atoms in total. The maximum atomic E-state index is 12.9. The average molecular weight is 500 g/mol. The molecule has 0 aromatic heterocycles. The predicted molar refractivity (Wildman–Crippen MR) is 117 cm³/mol. The smallest absolute Gasteiger partial charge is 0.416 e. The molecular weight excluding hydrogens is 475 g/mol. The molecule has 2 amide bonds. The summed E-state index contributed by atoms with van der Waals surface area (Å²) in [6.07, 6.45) is -4.66. The summed E-state index contributed by atoms with van der Waals surface area (Å²) >= 11 is 0. The Hall–Kier alpha value is -3.12. The number of ether oxygens (including phenoxy) is 1. The Morgan fingerprint density at radius 1 is 1.03 bits per heavy atom. The van der Waals surface area contributed by atoms with Crippen molar-refractivity contribution in [1.82, 2.24) is 14.5 Å². The van der Waals surface area contributed by atoms with Crippen molar-refractivity contribution in [3.63, 3.8) is 0 Å². The molecule has 0 saturated carbocycles. The van der Waals surface area contributed by atoms with Crippen LogP contribution in [0.2, 0.25) is 0 Å². The first-order valence-electron chi connectivity index (χ1n) is 10.5. The molecule has 12 heteroatoms. The first-order chi connectivity index (χ1) is 16.0. The molecule has 2 aromatic rings. The van der Waals surface area contributed by atoms with Gasteiger partial charge in [0.2, 0.25) is 15.9 Å². The molecule has 34 heavy (non-hydrogen) atoms. The van der Waals surface area contributed by atoms with Gasteiger partial charge in [-0.2, -0.15) is 17.5 Å². The maximum absolute atomic E-state index is 12.9. The van der Waals surface area contributed by atoms with E-state index in [-0.39, 0.29) is 38.3 Å². The van der Waals surface area contributed by atoms with Gasteiger partial charge in [-0.05, 0) is 37.3 Å². The van der Waals surface area contributed by atoms with Gasteiger partial charge >= 0.3 is 6.18 Å². The lowest BCUT2D eigenvalue weighted by Crippen LogP contribution is -2.52. The van der Waals surface area contributed by atoms with Gasteiger partial charge in [-0.1, -0.05) is 18.2 Å². The third-order valence-electron chi connectivity index (χ3n) is 5.22. The Bertz CT molecular complexity index is 1150. The molecule has 0 aliphatic carbocycles. The average Bonchev–Trinajstić information content (AvgIpc) is 2.82. The molecule has 184 valence electrons. The highest BCUT2D eigenvalue weighted by atomic mass is 32.2. The van der Waals surface area contributed by atoms with Crippen LogP contribution in [0.15, 0.2) is 53.4 Å². The molecule has 1 aliphatic rings. The van der Waals surface area contributed by atoms with Crippen LogP contribution in [0.25, 0.3) is 0 Å². The maximum Gasteiger partial charge on any atom is 0.416 e. The van der Waals surface area contributed by atoms with E-state index in [0.717, 1.165) is 22.5 Å². The molecule has 0 atom stereocenters. The fourth-order valence-electron chi connectivity index (χ4n) is 3.46. The van der Waals surface area contributed by atoms with Crippen molar-refractivity contribution in [1.29, 1.82) is 0 Å². The Kier molecular flexibility index (Phi) is 7.82. The molecule has 0 spiro atoms. The minimum Gasteiger partial charge on any atom is -0.493 e. The van der Waals surface area contributed by atoms with Crippen LogP contribution in [-0.4, -0.2) is 68.8 Å². The van der Waals surface area contributed by atoms with Gasteiger partial charge in [0, 0.05) is 26.2 Å². The SMILES string of the molecule is CCOc1ccccc1C(=O)NCC(=O)N1CCN(S(=O)(=O)c2cccc(C(F)(F)F)c2)CC1. The van der Waals surface area contributed by atoms with Crippen LogP contribution in [0.4, 0.5) is 13.2 Å². The minimum absolute atomic E-state index is 0.0441. The van der Waals surface area contributed by atoms with Crippen LogP contribution in [0.1, 0.15) is 22.8 Å². The lowest BCUT2D eigenvalue weighted by Gasteiger charge is -2.34. The standard InChI is InChI=1S/C22H24F3N3O5S/c1-2-33-19-9-4-3-8-18(19)21(30)26-15-20(29)27-10-12-28(13-11-27)34(31,32)17-7-5-6-16(14-17)22(23,24)25/h3-9,14H,2,10-13,15H2,1H3,(H,26,30). The van der Waals surface area contributed by atoms with Crippen LogP contribution in [0.5, 0.6) is 5.75 Å². The van der Waals surface area contributed by atoms with Crippen LogP contribution in [0.3, 0.4) is 0 Å². The van der Waals surface area contributed by atoms with E-state index in [1.54, 1.807) is 31.2 Å². The second-order valence-electron chi connectivity index (χ2n) is 7.42. The van der Waals surface area contributed by atoms with Crippen molar-refractivity contribution in [3.05, 3.63) is 59.7 Å². The Labute approximate surface area is 195 Å². The zero-order chi connectivity index (χ0) is 24.9. The molecule has 0 unspecified atom stereocenters. The highest BCUT2D eigenvalue weighted by Crippen LogP contribution is 2.31. The summed E-state index contributed by atoms with van der Waals surface area (Å²) in [5, 5.41) is 2.53. The van der Waals surface area contributed by atoms with E-state index >= 15 is 0 Å². The number of hydrogen-bond acceptors (Lipinski definition) is 5. The van der Waals surface area contributed by atoms with Crippen LogP contribution < -0.4 is 10.1 Å². The Morgan fingerprint density at radius 3 is 2.35 bits per heavy atom. The van der Waals surface area contributed by atoms with Crippen molar-refractivity contribution in [2.24, 2.45) is 0 Å². The molecule has 1 fully saturated rings. The van der Waals surface area contributed by atoms with Gasteiger partial charge in [0.05, 0.1) is 29.2 Å². The van der Waals surface area contributed by atoms with Gasteiger partial charge in [0.15, 0.2) is 0 Å². The van der Waals surface area contributed by atoms with Gasteiger partial charge in [-0.25, -0.2) is 8.42 Å². The van der Waals surface area contributed by atoms with E-state index in [0.29, 0.717) is 18.4 Å². The lowest BCUT2D eigenvalue weighted by molar-refractivity contribution is -0.137.